The zero-order valence-electron chi connectivity index (χ0n) is 24.4. The second-order valence-electron chi connectivity index (χ2n) is 9.66. The van der Waals surface area contributed by atoms with E-state index in [0.717, 1.165) is 6.07 Å². The number of benzene rings is 4. The number of sulfone groups is 2. The van der Waals surface area contributed by atoms with Crippen LogP contribution in [0.1, 0.15) is 19.4 Å². The van der Waals surface area contributed by atoms with E-state index in [9.17, 15) is 40.0 Å². The van der Waals surface area contributed by atoms with Crippen LogP contribution < -0.4 is 5.32 Å². The number of hydrogen-bond donors (Lipinski definition) is 4. The van der Waals surface area contributed by atoms with Crippen molar-refractivity contribution in [1.29, 1.82) is 0 Å². The Labute approximate surface area is 259 Å². The van der Waals surface area contributed by atoms with Gasteiger partial charge in [-0.25, -0.2) is 16.8 Å². The number of anilines is 1. The third kappa shape index (κ3) is 6.80. The predicted molar refractivity (Wildman–Crippen MR) is 168 cm³/mol. The van der Waals surface area contributed by atoms with Crippen LogP contribution in [0.3, 0.4) is 0 Å². The number of nitrogens with zero attached hydrogens (tertiary/aromatic N) is 4. The zero-order chi connectivity index (χ0) is 33.3. The van der Waals surface area contributed by atoms with Crippen LogP contribution in [0, 0.1) is 6.92 Å². The maximum atomic E-state index is 12.4. The van der Waals surface area contributed by atoms with Gasteiger partial charge in [0.25, 0.3) is 10.1 Å². The molecule has 0 aliphatic rings. The summed E-state index contributed by atoms with van der Waals surface area (Å²) < 4.78 is 82.4. The summed E-state index contributed by atoms with van der Waals surface area (Å²) in [7, 11) is -10.8. The molecule has 0 saturated carbocycles. The minimum atomic E-state index is -5.03. The Balaban J connectivity index is 1.80. The molecule has 0 atom stereocenters. The summed E-state index contributed by atoms with van der Waals surface area (Å²) in [4.78, 5) is -1.41. The van der Waals surface area contributed by atoms with Crippen LogP contribution in [-0.2, 0) is 29.8 Å². The van der Waals surface area contributed by atoms with Gasteiger partial charge >= 0.3 is 0 Å². The van der Waals surface area contributed by atoms with Crippen LogP contribution in [-0.4, -0.2) is 58.6 Å². The monoisotopic (exact) mass is 675 g/mol. The van der Waals surface area contributed by atoms with Crippen LogP contribution in [0.5, 0.6) is 11.5 Å². The number of azo groups is 2. The van der Waals surface area contributed by atoms with Gasteiger partial charge in [-0.3, -0.25) is 4.55 Å². The van der Waals surface area contributed by atoms with Crippen LogP contribution in [0.15, 0.2) is 89.7 Å². The highest BCUT2D eigenvalue weighted by Crippen LogP contribution is 2.44. The Hall–Kier alpha value is -4.45. The Morgan fingerprint density at radius 3 is 1.84 bits per heavy atom. The van der Waals surface area contributed by atoms with Gasteiger partial charge in [0.2, 0.25) is 0 Å². The van der Waals surface area contributed by atoms with Crippen molar-refractivity contribution in [2.45, 2.75) is 35.5 Å². The van der Waals surface area contributed by atoms with Gasteiger partial charge in [0.1, 0.15) is 22.0 Å². The van der Waals surface area contributed by atoms with Gasteiger partial charge in [0, 0.05) is 17.8 Å². The fourth-order valence-electron chi connectivity index (χ4n) is 4.25. The van der Waals surface area contributed by atoms with Crippen LogP contribution >= 0.6 is 0 Å². The van der Waals surface area contributed by atoms with E-state index < -0.39 is 56.8 Å². The molecule has 17 heteroatoms. The fourth-order valence-corrected chi connectivity index (χ4v) is 6.84. The van der Waals surface area contributed by atoms with E-state index in [1.807, 2.05) is 0 Å². The average Bonchev–Trinajstić information content (AvgIpc) is 2.99. The van der Waals surface area contributed by atoms with E-state index in [-0.39, 0.29) is 27.5 Å². The van der Waals surface area contributed by atoms with E-state index in [4.69, 9.17) is 0 Å². The number of aromatic hydroxyl groups is 2. The molecule has 0 aromatic heterocycles. The average molecular weight is 676 g/mol. The molecule has 4 N–H and O–H groups in total. The number of fused-ring (bicyclic) bond motifs is 1. The SMILES string of the molecule is CCS(=O)(=O)c1ccc(N=Nc2c(NC)ccc3c(O)c(N=Nc4cc(S(=O)(=O)CC)cc(S(=O)(=O)O)c4O)ccc23)c(C)c1. The molecule has 0 spiro atoms. The van der Waals surface area contributed by atoms with Crippen molar-refractivity contribution in [2.24, 2.45) is 20.5 Å². The second kappa shape index (κ2) is 12.5. The van der Waals surface area contributed by atoms with E-state index in [1.54, 1.807) is 45.2 Å². The minimum Gasteiger partial charge on any atom is -0.505 e. The Kier molecular flexibility index (Phi) is 9.30. The number of phenolic OH excluding ortho intramolecular Hbond substituents is 2. The lowest BCUT2D eigenvalue weighted by Gasteiger charge is -2.11. The maximum Gasteiger partial charge on any atom is 0.298 e. The first kappa shape index (κ1) is 33.4. The summed E-state index contributed by atoms with van der Waals surface area (Å²) >= 11 is 0. The Morgan fingerprint density at radius 1 is 0.667 bits per heavy atom. The van der Waals surface area contributed by atoms with Gasteiger partial charge in [-0.05, 0) is 67.1 Å². The molecule has 45 heavy (non-hydrogen) atoms. The zero-order valence-corrected chi connectivity index (χ0v) is 26.9. The Morgan fingerprint density at radius 2 is 1.24 bits per heavy atom. The van der Waals surface area contributed by atoms with Crippen molar-refractivity contribution < 1.29 is 40.0 Å². The molecule has 0 saturated heterocycles. The third-order valence-corrected chi connectivity index (χ3v) is 11.2. The molecule has 238 valence electrons. The molecule has 0 aliphatic heterocycles. The molecule has 0 radical (unpaired) electrons. The molecule has 0 bridgehead atoms. The van der Waals surface area contributed by atoms with Crippen molar-refractivity contribution in [3.05, 3.63) is 60.2 Å². The summed E-state index contributed by atoms with van der Waals surface area (Å²) in [6, 6.07) is 12.2. The highest BCUT2D eigenvalue weighted by atomic mass is 32.2. The number of nitrogens with one attached hydrogen (secondary N) is 1. The second-order valence-corrected chi connectivity index (χ2v) is 15.6. The van der Waals surface area contributed by atoms with Crippen LogP contribution in [0.2, 0.25) is 0 Å². The van der Waals surface area contributed by atoms with E-state index in [0.29, 0.717) is 34.1 Å². The summed E-state index contributed by atoms with van der Waals surface area (Å²) in [5, 5.41) is 41.5. The quantitative estimate of drug-likeness (QED) is 0.109. The largest absolute Gasteiger partial charge is 0.505 e. The molecule has 0 aliphatic carbocycles. The maximum absolute atomic E-state index is 12.4. The number of hydrogen-bond acceptors (Lipinski definition) is 13. The molecule has 4 aromatic carbocycles. The van der Waals surface area contributed by atoms with E-state index in [1.165, 1.54) is 25.1 Å². The Bertz CT molecular complexity index is 2220. The predicted octanol–water partition coefficient (Wildman–Crippen LogP) is 6.27. The van der Waals surface area contributed by atoms with Gasteiger partial charge in [0.15, 0.2) is 31.2 Å². The van der Waals surface area contributed by atoms with E-state index >= 15 is 0 Å². The lowest BCUT2D eigenvalue weighted by molar-refractivity contribution is 0.443. The molecular weight excluding hydrogens is 647 g/mol. The van der Waals surface area contributed by atoms with Gasteiger partial charge in [-0.1, -0.05) is 13.8 Å². The molecule has 14 nitrogen and oxygen atoms in total. The van der Waals surface area contributed by atoms with Crippen molar-refractivity contribution in [2.75, 3.05) is 23.9 Å². The molecule has 0 amide bonds. The van der Waals surface area contributed by atoms with Gasteiger partial charge in [-0.2, -0.15) is 13.5 Å². The van der Waals surface area contributed by atoms with Gasteiger partial charge in [-0.15, -0.1) is 15.3 Å². The van der Waals surface area contributed by atoms with Crippen molar-refractivity contribution in [3.63, 3.8) is 0 Å². The molecule has 0 unspecified atom stereocenters. The molecule has 4 aromatic rings. The minimum absolute atomic E-state index is 0.0419. The summed E-state index contributed by atoms with van der Waals surface area (Å²) in [5.74, 6) is -1.84. The lowest BCUT2D eigenvalue weighted by atomic mass is 10.1. The summed E-state index contributed by atoms with van der Waals surface area (Å²) in [5.41, 5.74) is 1.20. The van der Waals surface area contributed by atoms with E-state index in [2.05, 4.69) is 25.8 Å². The molecule has 0 heterocycles. The third-order valence-electron chi connectivity index (χ3n) is 6.87. The normalized spacial score (nSPS) is 12.8. The topological polar surface area (TPSA) is 225 Å². The summed E-state index contributed by atoms with van der Waals surface area (Å²) in [6.45, 7) is 4.59. The first-order valence-corrected chi connectivity index (χ1v) is 18.0. The number of phenols is 2. The molecule has 0 fully saturated rings. The first-order valence-electron chi connectivity index (χ1n) is 13.2. The van der Waals surface area contributed by atoms with Crippen LogP contribution in [0.25, 0.3) is 10.8 Å². The van der Waals surface area contributed by atoms with Crippen molar-refractivity contribution >= 4 is 69.0 Å². The standard InChI is InChI=1S/C28H29N5O9S3/c1-5-43(36,37)17-7-10-21(16(3)13-17)30-33-26-19-8-12-23(27(34)20(19)9-11-22(26)29-4)31-32-24-14-18(44(38,39)6-2)15-25(28(24)35)45(40,41)42/h7-15,29,34-35H,5-6H2,1-4H3,(H,40,41,42). The highest BCUT2D eigenvalue weighted by Gasteiger charge is 2.24. The number of rotatable bonds is 10. The number of aryl methyl sites for hydroxylation is 1. The first-order chi connectivity index (χ1) is 21.0. The van der Waals surface area contributed by atoms with Crippen molar-refractivity contribution in [3.8, 4) is 11.5 Å². The highest BCUT2D eigenvalue weighted by molar-refractivity contribution is 7.91. The van der Waals surface area contributed by atoms with Crippen LogP contribution in [0.4, 0.5) is 28.4 Å². The lowest BCUT2D eigenvalue weighted by Crippen LogP contribution is -2.06. The van der Waals surface area contributed by atoms with Gasteiger partial charge in [0.05, 0.1) is 32.7 Å². The van der Waals surface area contributed by atoms with Gasteiger partial charge < -0.3 is 15.5 Å². The molecule has 4 rings (SSSR count). The summed E-state index contributed by atoms with van der Waals surface area (Å²) in [6.07, 6.45) is 0. The fraction of sp³-hybridized carbons (Fsp3) is 0.214. The molecular formula is C28H29N5O9S3. The van der Waals surface area contributed by atoms with Crippen molar-refractivity contribution in [1.82, 2.24) is 0 Å². The smallest absolute Gasteiger partial charge is 0.298 e.